The third-order valence-corrected chi connectivity index (χ3v) is 6.80. The van der Waals surface area contributed by atoms with Gasteiger partial charge in [-0.2, -0.15) is 4.80 Å². The van der Waals surface area contributed by atoms with Crippen LogP contribution in [0, 0.1) is 0 Å². The highest BCUT2D eigenvalue weighted by Gasteiger charge is 2.31. The van der Waals surface area contributed by atoms with Crippen LogP contribution in [0.2, 0.25) is 0 Å². The number of amides is 2. The lowest BCUT2D eigenvalue weighted by Crippen LogP contribution is -2.46. The molecule has 0 atom stereocenters. The Balaban J connectivity index is 1.37. The van der Waals surface area contributed by atoms with Crippen LogP contribution in [0.25, 0.3) is 0 Å². The molecule has 0 N–H and O–H groups in total. The smallest absolute Gasteiger partial charge is 0.266 e. The minimum atomic E-state index is -3.29. The number of anilines is 1. The van der Waals surface area contributed by atoms with Crippen LogP contribution in [-0.4, -0.2) is 82.9 Å². The Morgan fingerprint density at radius 1 is 0.906 bits per heavy atom. The van der Waals surface area contributed by atoms with E-state index < -0.39 is 9.84 Å². The number of aromatic nitrogens is 4. The van der Waals surface area contributed by atoms with Crippen molar-refractivity contribution in [1.82, 2.24) is 30.2 Å². The van der Waals surface area contributed by atoms with E-state index in [1.165, 1.54) is 33.4 Å². The Bertz CT molecular complexity index is 1080. The number of carbonyl (C=O) groups excluding carboxylic acids is 2. The maximum atomic E-state index is 12.8. The minimum absolute atomic E-state index is 0.0779. The van der Waals surface area contributed by atoms with Gasteiger partial charge in [0, 0.05) is 32.4 Å². The third kappa shape index (κ3) is 5.06. The fourth-order valence-electron chi connectivity index (χ4n) is 3.98. The molecule has 2 fully saturated rings. The molecule has 1 aromatic heterocycles. The molecule has 3 heterocycles. The van der Waals surface area contributed by atoms with Crippen LogP contribution in [0.5, 0.6) is 0 Å². The first kappa shape index (κ1) is 22.2. The van der Waals surface area contributed by atoms with Crippen molar-refractivity contribution >= 4 is 27.6 Å². The zero-order valence-corrected chi connectivity index (χ0v) is 18.9. The second-order valence-electron chi connectivity index (χ2n) is 8.15. The fraction of sp³-hybridized carbons (Fsp3) is 0.550. The summed E-state index contributed by atoms with van der Waals surface area (Å²) in [6.07, 6.45) is 5.29. The summed E-state index contributed by atoms with van der Waals surface area (Å²) < 4.78 is 23.2. The molecular weight excluding hydrogens is 434 g/mol. The van der Waals surface area contributed by atoms with Crippen LogP contribution in [0.1, 0.15) is 31.2 Å². The molecule has 2 aromatic rings. The molecule has 1 aromatic carbocycles. The molecule has 0 aliphatic carbocycles. The normalized spacial score (nSPS) is 17.1. The Hall–Kier alpha value is -3.02. The van der Waals surface area contributed by atoms with Crippen LogP contribution in [0.3, 0.4) is 0 Å². The van der Waals surface area contributed by atoms with Gasteiger partial charge in [0.05, 0.1) is 11.3 Å². The van der Waals surface area contributed by atoms with Gasteiger partial charge < -0.3 is 4.90 Å². The standard InChI is InChI=1S/C20H27N7O4S/c1-32(30,31)17-8-6-16(7-9-17)14-18(28)25-12-5-13-26(25)19(29)15-27-22-20(21-23-27)24-10-3-2-4-11-24/h6-9H,2-5,10-15H2,1H3. The number of nitrogens with zero attached hydrogens (tertiary/aromatic N) is 7. The lowest BCUT2D eigenvalue weighted by Gasteiger charge is -2.27. The number of carbonyl (C=O) groups is 2. The molecule has 2 aliphatic rings. The highest BCUT2D eigenvalue weighted by Crippen LogP contribution is 2.17. The number of rotatable bonds is 6. The van der Waals surface area contributed by atoms with Gasteiger partial charge in [-0.05, 0) is 48.6 Å². The van der Waals surface area contributed by atoms with Gasteiger partial charge in [-0.3, -0.25) is 14.6 Å². The molecule has 4 rings (SSSR count). The van der Waals surface area contributed by atoms with E-state index >= 15 is 0 Å². The van der Waals surface area contributed by atoms with E-state index in [1.807, 2.05) is 0 Å². The average Bonchev–Trinajstić information content (AvgIpc) is 3.44. The largest absolute Gasteiger partial charge is 0.338 e. The van der Waals surface area contributed by atoms with Crippen molar-refractivity contribution in [3.05, 3.63) is 29.8 Å². The second-order valence-corrected chi connectivity index (χ2v) is 10.2. The number of hydrazine groups is 1. The quantitative estimate of drug-likeness (QED) is 0.602. The van der Waals surface area contributed by atoms with Gasteiger partial charge in [0.25, 0.3) is 11.9 Å². The van der Waals surface area contributed by atoms with E-state index in [-0.39, 0.29) is 29.7 Å². The molecule has 32 heavy (non-hydrogen) atoms. The summed E-state index contributed by atoms with van der Waals surface area (Å²) in [6.45, 7) is 2.59. The molecule has 2 amide bonds. The molecule has 2 aliphatic heterocycles. The van der Waals surface area contributed by atoms with Crippen LogP contribution in [0.4, 0.5) is 5.95 Å². The van der Waals surface area contributed by atoms with Crippen LogP contribution >= 0.6 is 0 Å². The number of tetrazole rings is 1. The van der Waals surface area contributed by atoms with Crippen LogP contribution < -0.4 is 4.90 Å². The van der Waals surface area contributed by atoms with E-state index in [0.717, 1.165) is 32.2 Å². The van der Waals surface area contributed by atoms with Gasteiger partial charge in [-0.25, -0.2) is 13.4 Å². The number of hydrogen-bond donors (Lipinski definition) is 0. The first-order valence-corrected chi connectivity index (χ1v) is 12.6. The van der Waals surface area contributed by atoms with Crippen molar-refractivity contribution in [2.24, 2.45) is 0 Å². The number of hydrogen-bond acceptors (Lipinski definition) is 8. The topological polar surface area (TPSA) is 122 Å². The van der Waals surface area contributed by atoms with Crippen molar-refractivity contribution < 1.29 is 18.0 Å². The van der Waals surface area contributed by atoms with E-state index in [4.69, 9.17) is 0 Å². The summed E-state index contributed by atoms with van der Waals surface area (Å²) in [6, 6.07) is 6.22. The minimum Gasteiger partial charge on any atom is -0.338 e. The first-order chi connectivity index (χ1) is 15.3. The van der Waals surface area contributed by atoms with Crippen molar-refractivity contribution in [3.63, 3.8) is 0 Å². The summed E-state index contributed by atoms with van der Waals surface area (Å²) in [5.41, 5.74) is 0.686. The summed E-state index contributed by atoms with van der Waals surface area (Å²) in [7, 11) is -3.29. The van der Waals surface area contributed by atoms with Crippen molar-refractivity contribution in [1.29, 1.82) is 0 Å². The van der Waals surface area contributed by atoms with Gasteiger partial charge >= 0.3 is 0 Å². The van der Waals surface area contributed by atoms with E-state index in [1.54, 1.807) is 12.1 Å². The van der Waals surface area contributed by atoms with Gasteiger partial charge in [0.1, 0.15) is 6.54 Å². The highest BCUT2D eigenvalue weighted by atomic mass is 32.2. The number of benzene rings is 1. The maximum Gasteiger partial charge on any atom is 0.266 e. The molecule has 2 saturated heterocycles. The Kier molecular flexibility index (Phi) is 6.40. The van der Waals surface area contributed by atoms with Gasteiger partial charge in [-0.15, -0.1) is 5.10 Å². The maximum absolute atomic E-state index is 12.8. The predicted molar refractivity (Wildman–Crippen MR) is 115 cm³/mol. The van der Waals surface area contributed by atoms with Crippen molar-refractivity contribution in [2.75, 3.05) is 37.3 Å². The molecule has 172 valence electrons. The van der Waals surface area contributed by atoms with Gasteiger partial charge in [0.2, 0.25) is 5.91 Å². The molecule has 0 unspecified atom stereocenters. The first-order valence-electron chi connectivity index (χ1n) is 10.7. The lowest BCUT2D eigenvalue weighted by atomic mass is 10.1. The molecule has 0 radical (unpaired) electrons. The fourth-order valence-corrected chi connectivity index (χ4v) is 4.61. The predicted octanol–water partition coefficient (Wildman–Crippen LogP) is 0.286. The third-order valence-electron chi connectivity index (χ3n) is 5.67. The Morgan fingerprint density at radius 2 is 1.56 bits per heavy atom. The summed E-state index contributed by atoms with van der Waals surface area (Å²) in [5, 5.41) is 15.3. The number of sulfone groups is 1. The molecule has 0 bridgehead atoms. The van der Waals surface area contributed by atoms with Gasteiger partial charge in [0.15, 0.2) is 9.84 Å². The van der Waals surface area contributed by atoms with E-state index in [0.29, 0.717) is 31.0 Å². The van der Waals surface area contributed by atoms with Crippen LogP contribution in [-0.2, 0) is 32.4 Å². The summed E-state index contributed by atoms with van der Waals surface area (Å²) in [5.74, 6) is 0.0405. The van der Waals surface area contributed by atoms with Crippen molar-refractivity contribution in [3.8, 4) is 0 Å². The van der Waals surface area contributed by atoms with E-state index in [2.05, 4.69) is 20.3 Å². The summed E-state index contributed by atoms with van der Waals surface area (Å²) >= 11 is 0. The van der Waals surface area contributed by atoms with E-state index in [9.17, 15) is 18.0 Å². The zero-order chi connectivity index (χ0) is 22.7. The van der Waals surface area contributed by atoms with Crippen LogP contribution in [0.15, 0.2) is 29.2 Å². The zero-order valence-electron chi connectivity index (χ0n) is 18.1. The second kappa shape index (κ2) is 9.23. The summed E-state index contributed by atoms with van der Waals surface area (Å²) in [4.78, 5) is 29.2. The molecule has 12 heteroatoms. The average molecular weight is 462 g/mol. The monoisotopic (exact) mass is 461 g/mol. The van der Waals surface area contributed by atoms with Gasteiger partial charge in [-0.1, -0.05) is 17.2 Å². The Morgan fingerprint density at radius 3 is 2.22 bits per heavy atom. The van der Waals surface area contributed by atoms with Crippen molar-refractivity contribution in [2.45, 2.75) is 43.5 Å². The molecular formula is C20H27N7O4S. The molecule has 0 spiro atoms. The Labute approximate surface area is 186 Å². The lowest BCUT2D eigenvalue weighted by molar-refractivity contribution is -0.158. The SMILES string of the molecule is CS(=O)(=O)c1ccc(CC(=O)N2CCCN2C(=O)Cn2nnc(N3CCCCC3)n2)cc1. The highest BCUT2D eigenvalue weighted by molar-refractivity contribution is 7.90. The molecule has 0 saturated carbocycles. The molecule has 11 nitrogen and oxygen atoms in total. The number of piperidine rings is 1.